The van der Waals surface area contributed by atoms with E-state index in [-0.39, 0.29) is 25.8 Å². The van der Waals surface area contributed by atoms with Crippen LogP contribution in [0.5, 0.6) is 0 Å². The average Bonchev–Trinajstić information content (AvgIpc) is 2.53. The number of rotatable bonds is 4. The van der Waals surface area contributed by atoms with Gasteiger partial charge in [-0.2, -0.15) is 0 Å². The number of hydrogen-bond donors (Lipinski definition) is 0. The molecule has 1 saturated heterocycles. The Bertz CT molecular complexity index is 330. The smallest absolute Gasteiger partial charge is 0.236 e. The minimum absolute atomic E-state index is 0.0521. The van der Waals surface area contributed by atoms with Crippen LogP contribution >= 0.6 is 0 Å². The van der Waals surface area contributed by atoms with E-state index in [0.717, 1.165) is 0 Å². The van der Waals surface area contributed by atoms with Gasteiger partial charge in [0.15, 0.2) is 0 Å². The number of likely N-dealkylation sites (tertiary alicyclic amines) is 1. The predicted molar refractivity (Wildman–Crippen MR) is 49.3 cm³/mol. The van der Waals surface area contributed by atoms with Gasteiger partial charge in [-0.15, -0.1) is 0 Å². The van der Waals surface area contributed by atoms with Crippen molar-refractivity contribution in [3.05, 3.63) is 10.4 Å². The van der Waals surface area contributed by atoms with E-state index in [0.29, 0.717) is 11.3 Å². The van der Waals surface area contributed by atoms with Crippen molar-refractivity contribution in [1.29, 1.82) is 0 Å². The first kappa shape index (κ1) is 11.2. The van der Waals surface area contributed by atoms with Gasteiger partial charge in [-0.05, 0) is 12.0 Å². The molecule has 80 valence electrons. The summed E-state index contributed by atoms with van der Waals surface area (Å²) in [4.78, 5) is 36.8. The number of carbonyl (C=O) groups excluding carboxylic acids is 3. The van der Waals surface area contributed by atoms with Crippen LogP contribution in [0.1, 0.15) is 25.7 Å². The molecule has 15 heavy (non-hydrogen) atoms. The third-order valence-corrected chi connectivity index (χ3v) is 2.01. The zero-order valence-corrected chi connectivity index (χ0v) is 8.05. The molecular weight excluding hydrogens is 200 g/mol. The molecule has 0 bridgehead atoms. The van der Waals surface area contributed by atoms with Crippen molar-refractivity contribution in [2.45, 2.75) is 25.7 Å². The molecule has 1 fully saturated rings. The first-order valence-corrected chi connectivity index (χ1v) is 4.56. The van der Waals surface area contributed by atoms with E-state index in [4.69, 9.17) is 5.53 Å². The Labute approximate surface area is 85.7 Å². The minimum atomic E-state index is -0.504. The Kier molecular flexibility index (Phi) is 3.82. The molecule has 0 aromatic rings. The topological polar surface area (TPSA) is 103 Å². The summed E-state index contributed by atoms with van der Waals surface area (Å²) in [7, 11) is 0. The summed E-state index contributed by atoms with van der Waals surface area (Å²) >= 11 is 0. The largest absolute Gasteiger partial charge is 0.274 e. The maximum atomic E-state index is 11.4. The quantitative estimate of drug-likeness (QED) is 0.225. The molecule has 3 amide bonds. The van der Waals surface area contributed by atoms with Crippen molar-refractivity contribution in [2.24, 2.45) is 5.11 Å². The van der Waals surface area contributed by atoms with E-state index in [9.17, 15) is 14.4 Å². The zero-order chi connectivity index (χ0) is 11.3. The normalized spacial score (nSPS) is 15.3. The molecule has 0 spiro atoms. The lowest BCUT2D eigenvalue weighted by atomic mass is 10.3. The van der Waals surface area contributed by atoms with Crippen molar-refractivity contribution >= 4 is 17.7 Å². The second kappa shape index (κ2) is 5.11. The number of carbonyl (C=O) groups is 3. The van der Waals surface area contributed by atoms with Gasteiger partial charge in [-0.3, -0.25) is 14.4 Å². The van der Waals surface area contributed by atoms with Crippen LogP contribution in [0.25, 0.3) is 10.4 Å². The Morgan fingerprint density at radius 1 is 1.40 bits per heavy atom. The van der Waals surface area contributed by atoms with Crippen molar-refractivity contribution in [1.82, 2.24) is 4.90 Å². The van der Waals surface area contributed by atoms with Gasteiger partial charge in [0.1, 0.15) is 0 Å². The summed E-state index contributed by atoms with van der Waals surface area (Å²) in [5, 5.41) is 3.25. The summed E-state index contributed by atoms with van der Waals surface area (Å²) in [5.74, 6) is -1.38. The monoisotopic (exact) mass is 210 g/mol. The van der Waals surface area contributed by atoms with Gasteiger partial charge in [0.25, 0.3) is 0 Å². The van der Waals surface area contributed by atoms with Crippen LogP contribution in [0.15, 0.2) is 5.11 Å². The Morgan fingerprint density at radius 3 is 2.53 bits per heavy atom. The number of imide groups is 3. The first-order chi connectivity index (χ1) is 7.16. The van der Waals surface area contributed by atoms with Gasteiger partial charge in [-0.25, -0.2) is 4.90 Å². The van der Waals surface area contributed by atoms with Crippen molar-refractivity contribution in [3.63, 3.8) is 0 Å². The fraction of sp³-hybridized carbons (Fsp3) is 0.625. The van der Waals surface area contributed by atoms with Crippen LogP contribution in [-0.4, -0.2) is 29.2 Å². The van der Waals surface area contributed by atoms with Crippen LogP contribution in [0.4, 0.5) is 0 Å². The van der Waals surface area contributed by atoms with E-state index in [1.165, 1.54) is 0 Å². The SMILES string of the molecule is [N-]=[N+]=NCCCC(=O)N1C(=O)CCC1=O. The van der Waals surface area contributed by atoms with Gasteiger partial charge in [0, 0.05) is 30.7 Å². The fourth-order valence-electron chi connectivity index (χ4n) is 1.31. The van der Waals surface area contributed by atoms with Crippen molar-refractivity contribution in [2.75, 3.05) is 6.54 Å². The lowest BCUT2D eigenvalue weighted by Gasteiger charge is -2.10. The third kappa shape index (κ3) is 2.78. The maximum Gasteiger partial charge on any atom is 0.236 e. The highest BCUT2D eigenvalue weighted by atomic mass is 16.2. The molecule has 7 heteroatoms. The zero-order valence-electron chi connectivity index (χ0n) is 8.05. The Balaban J connectivity index is 2.42. The highest BCUT2D eigenvalue weighted by Crippen LogP contribution is 2.13. The van der Waals surface area contributed by atoms with Crippen LogP contribution in [0, 0.1) is 0 Å². The molecule has 1 aliphatic heterocycles. The number of hydrogen-bond acceptors (Lipinski definition) is 4. The summed E-state index contributed by atoms with van der Waals surface area (Å²) in [6, 6.07) is 0. The van der Waals surface area contributed by atoms with Gasteiger partial charge in [-0.1, -0.05) is 5.11 Å². The lowest BCUT2D eigenvalue weighted by Crippen LogP contribution is -2.35. The third-order valence-electron chi connectivity index (χ3n) is 2.01. The second-order valence-electron chi connectivity index (χ2n) is 3.07. The molecule has 0 aromatic carbocycles. The number of azide groups is 1. The molecule has 0 saturated carbocycles. The highest BCUT2D eigenvalue weighted by molar-refractivity contribution is 6.14. The predicted octanol–water partition coefficient (Wildman–Crippen LogP) is 0.752. The summed E-state index contributed by atoms with van der Waals surface area (Å²) < 4.78 is 0. The van der Waals surface area contributed by atoms with E-state index in [2.05, 4.69) is 10.0 Å². The molecular formula is C8H10N4O3. The van der Waals surface area contributed by atoms with E-state index < -0.39 is 17.7 Å². The second-order valence-corrected chi connectivity index (χ2v) is 3.07. The van der Waals surface area contributed by atoms with Gasteiger partial charge < -0.3 is 0 Å². The average molecular weight is 210 g/mol. The molecule has 1 aliphatic rings. The summed E-state index contributed by atoms with van der Waals surface area (Å²) in [5.41, 5.74) is 7.98. The first-order valence-electron chi connectivity index (χ1n) is 4.56. The molecule has 0 aliphatic carbocycles. The summed E-state index contributed by atoms with van der Waals surface area (Å²) in [6.45, 7) is 0.193. The minimum Gasteiger partial charge on any atom is -0.274 e. The highest BCUT2D eigenvalue weighted by Gasteiger charge is 2.33. The molecule has 0 unspecified atom stereocenters. The fourth-order valence-corrected chi connectivity index (χ4v) is 1.31. The van der Waals surface area contributed by atoms with Gasteiger partial charge in [0.05, 0.1) is 0 Å². The van der Waals surface area contributed by atoms with Crippen LogP contribution < -0.4 is 0 Å². The van der Waals surface area contributed by atoms with Gasteiger partial charge >= 0.3 is 0 Å². The lowest BCUT2D eigenvalue weighted by molar-refractivity contribution is -0.149. The molecule has 0 atom stereocenters. The molecule has 1 rings (SSSR count). The molecule has 0 radical (unpaired) electrons. The molecule has 1 heterocycles. The number of amides is 3. The molecule has 0 aromatic heterocycles. The van der Waals surface area contributed by atoms with Crippen LogP contribution in [0.3, 0.4) is 0 Å². The van der Waals surface area contributed by atoms with E-state index in [1.807, 2.05) is 0 Å². The van der Waals surface area contributed by atoms with Gasteiger partial charge in [0.2, 0.25) is 17.7 Å². The number of nitrogens with zero attached hydrogens (tertiary/aromatic N) is 4. The molecule has 0 N–H and O–H groups in total. The van der Waals surface area contributed by atoms with Crippen LogP contribution in [-0.2, 0) is 14.4 Å². The standard InChI is InChI=1S/C8H10N4O3/c9-11-10-5-1-2-6(13)12-7(14)3-4-8(12)15/h1-5H2. The van der Waals surface area contributed by atoms with Crippen molar-refractivity contribution < 1.29 is 14.4 Å². The van der Waals surface area contributed by atoms with E-state index >= 15 is 0 Å². The summed E-state index contributed by atoms with van der Waals surface area (Å²) in [6.07, 6.45) is 0.623. The Morgan fingerprint density at radius 2 is 2.00 bits per heavy atom. The van der Waals surface area contributed by atoms with Crippen LogP contribution in [0.2, 0.25) is 0 Å². The van der Waals surface area contributed by atoms with Crippen molar-refractivity contribution in [3.8, 4) is 0 Å². The molecule has 7 nitrogen and oxygen atoms in total. The Hall–Kier alpha value is -1.88. The maximum absolute atomic E-state index is 11.4. The van der Waals surface area contributed by atoms with E-state index in [1.54, 1.807) is 0 Å².